The zero-order valence-electron chi connectivity index (χ0n) is 27.3. The number of carbonyl (C=O) groups is 2. The average Bonchev–Trinajstić information content (AvgIpc) is 2.98. The Hall–Kier alpha value is -3.14. The zero-order chi connectivity index (χ0) is 34.9. The second-order valence-corrected chi connectivity index (χ2v) is 15.3. The molecule has 0 aliphatic rings. The number of benzene rings is 2. The molecule has 46 heavy (non-hydrogen) atoms. The number of hydrogen-bond acceptors (Lipinski definition) is 8. The van der Waals surface area contributed by atoms with Crippen molar-refractivity contribution < 1.29 is 36.2 Å². The van der Waals surface area contributed by atoms with Crippen LogP contribution in [0.3, 0.4) is 0 Å². The van der Waals surface area contributed by atoms with Crippen LogP contribution in [0.15, 0.2) is 65.6 Å². The Morgan fingerprint density at radius 1 is 0.891 bits per heavy atom. The summed E-state index contributed by atoms with van der Waals surface area (Å²) in [5, 5.41) is 9.37. The maximum absolute atomic E-state index is 13.4. The van der Waals surface area contributed by atoms with Gasteiger partial charge in [-0.15, -0.1) is 4.41 Å². The van der Waals surface area contributed by atoms with Crippen molar-refractivity contribution in [3.05, 3.63) is 71.8 Å². The lowest BCUT2D eigenvalue weighted by Gasteiger charge is -2.30. The zero-order valence-corrected chi connectivity index (χ0v) is 28.9. The maximum Gasteiger partial charge on any atom is 0.294 e. The highest BCUT2D eigenvalue weighted by molar-refractivity contribution is 7.89. The van der Waals surface area contributed by atoms with Gasteiger partial charge in [-0.3, -0.25) is 24.8 Å². The van der Waals surface area contributed by atoms with Crippen molar-refractivity contribution in [2.45, 2.75) is 65.2 Å². The maximum atomic E-state index is 13.4. The first-order valence-electron chi connectivity index (χ1n) is 15.2. The number of nitrogens with one attached hydrogen (secondary N) is 2. The number of hydroxylamine groups is 1. The lowest BCUT2D eigenvalue weighted by atomic mass is 9.82. The van der Waals surface area contributed by atoms with Crippen molar-refractivity contribution in [2.75, 3.05) is 18.8 Å². The van der Waals surface area contributed by atoms with Crippen LogP contribution in [-0.4, -0.2) is 61.7 Å². The molecule has 14 heteroatoms. The minimum Gasteiger partial charge on any atom is -0.330 e. The number of hydrogen-bond donors (Lipinski definition) is 5. The Morgan fingerprint density at radius 2 is 1.50 bits per heavy atom. The number of unbranched alkanes of at least 4 members (excludes halogenated alkanes) is 1. The average molecular weight is 683 g/mol. The summed E-state index contributed by atoms with van der Waals surface area (Å²) in [6.45, 7) is 9.89. The number of nitrogens with two attached hydrogens (primary N) is 1. The summed E-state index contributed by atoms with van der Waals surface area (Å²) in [6, 6.07) is 15.5. The second-order valence-electron chi connectivity index (χ2n) is 11.9. The van der Waals surface area contributed by atoms with E-state index >= 15 is 0 Å². The minimum absolute atomic E-state index is 0.0338. The Balaban J connectivity index is 0.000000804. The van der Waals surface area contributed by atoms with Gasteiger partial charge in [-0.25, -0.2) is 13.9 Å². The number of hydrazine groups is 1. The first-order chi connectivity index (χ1) is 21.5. The van der Waals surface area contributed by atoms with E-state index in [1.54, 1.807) is 23.7 Å². The fourth-order valence-electron chi connectivity index (χ4n) is 4.43. The Labute approximate surface area is 274 Å². The molecule has 0 unspecified atom stereocenters. The number of carbonyl (C=O) groups excluding carboxylic acids is 2. The molecule has 0 radical (unpaired) electrons. The highest BCUT2D eigenvalue weighted by Gasteiger charge is 2.36. The number of allylic oxidation sites excluding steroid dienone is 1. The van der Waals surface area contributed by atoms with Gasteiger partial charge in [0.15, 0.2) is 0 Å². The van der Waals surface area contributed by atoms with E-state index in [9.17, 15) is 31.6 Å². The summed E-state index contributed by atoms with van der Waals surface area (Å²) in [5.41, 5.74) is 11.6. The second kappa shape index (κ2) is 20.2. The van der Waals surface area contributed by atoms with E-state index < -0.39 is 43.8 Å². The lowest BCUT2D eigenvalue weighted by Crippen LogP contribution is -2.52. The van der Waals surface area contributed by atoms with Gasteiger partial charge in [0.1, 0.15) is 0 Å². The van der Waals surface area contributed by atoms with Crippen molar-refractivity contribution in [3.63, 3.8) is 0 Å². The van der Waals surface area contributed by atoms with Gasteiger partial charge in [0, 0.05) is 6.54 Å². The predicted molar refractivity (Wildman–Crippen MR) is 179 cm³/mol. The summed E-state index contributed by atoms with van der Waals surface area (Å²) in [6.07, 6.45) is 5.11. The van der Waals surface area contributed by atoms with Crippen molar-refractivity contribution in [1.82, 2.24) is 15.3 Å². The van der Waals surface area contributed by atoms with Crippen LogP contribution in [0.25, 0.3) is 6.08 Å². The normalized spacial score (nSPS) is 13.4. The van der Waals surface area contributed by atoms with Gasteiger partial charge in [-0.2, -0.15) is 8.42 Å². The molecular formula is C32H50N4O8S2. The molecule has 258 valence electrons. The number of sulfonamides is 1. The third-order valence-electron chi connectivity index (χ3n) is 6.77. The number of aryl methyl sites for hydroxylation is 1. The van der Waals surface area contributed by atoms with Gasteiger partial charge in [0.25, 0.3) is 10.1 Å². The molecule has 6 N–H and O–H groups in total. The quantitative estimate of drug-likeness (QED) is 0.0704. The largest absolute Gasteiger partial charge is 0.330 e. The van der Waals surface area contributed by atoms with Crippen molar-refractivity contribution >= 4 is 38.0 Å². The summed E-state index contributed by atoms with van der Waals surface area (Å²) in [7, 11) is -7.79. The Kier molecular flexibility index (Phi) is 17.9. The molecule has 2 aromatic rings. The number of rotatable bonds is 17. The van der Waals surface area contributed by atoms with Crippen molar-refractivity contribution in [1.29, 1.82) is 0 Å². The van der Waals surface area contributed by atoms with Crippen LogP contribution in [-0.2, 0) is 29.7 Å². The van der Waals surface area contributed by atoms with Crippen molar-refractivity contribution in [3.8, 4) is 0 Å². The van der Waals surface area contributed by atoms with Crippen LogP contribution in [0, 0.1) is 30.6 Å². The van der Waals surface area contributed by atoms with Gasteiger partial charge in [-0.1, -0.05) is 87.9 Å². The summed E-state index contributed by atoms with van der Waals surface area (Å²) < 4.78 is 56.4. The molecule has 0 fully saturated rings. The molecular weight excluding hydrogens is 633 g/mol. The topological polar surface area (TPSA) is 196 Å². The van der Waals surface area contributed by atoms with E-state index in [2.05, 4.69) is 5.43 Å². The Morgan fingerprint density at radius 3 is 2.00 bits per heavy atom. The SMILES string of the molecule is CC(C)C[C@@H](C(=O)NN(CC(C)C)S(=O)(=O)CCCCN)[C@H](CC=Cc1ccccc1)C(=O)NO.Cc1ccc(S(=O)(=O)O)cc1. The summed E-state index contributed by atoms with van der Waals surface area (Å²) in [4.78, 5) is 26.0. The molecule has 12 nitrogen and oxygen atoms in total. The third kappa shape index (κ3) is 15.4. The van der Waals surface area contributed by atoms with E-state index in [4.69, 9.17) is 10.3 Å². The molecule has 0 saturated carbocycles. The Bertz CT molecular complexity index is 1450. The predicted octanol–water partition coefficient (Wildman–Crippen LogP) is 4.17. The smallest absolute Gasteiger partial charge is 0.294 e. The molecule has 2 amide bonds. The van der Waals surface area contributed by atoms with Crippen LogP contribution < -0.4 is 16.6 Å². The minimum atomic E-state index is -4.02. The highest BCUT2D eigenvalue weighted by atomic mass is 32.2. The monoisotopic (exact) mass is 682 g/mol. The van der Waals surface area contributed by atoms with Crippen LogP contribution in [0.5, 0.6) is 0 Å². The summed E-state index contributed by atoms with van der Waals surface area (Å²) >= 11 is 0. The highest BCUT2D eigenvalue weighted by Crippen LogP contribution is 2.26. The standard InChI is InChI=1S/C25H42N4O5S.C7H8O3S/c1-19(2)17-23(22(25(31)28-32)14-10-13-21-11-6-5-7-12-21)24(30)27-29(18-20(3)4)35(33,34)16-9-8-15-26;1-6-2-4-7(5-3-6)11(8,9)10/h5-7,10-13,19-20,22-23,32H,8-9,14-18,26H2,1-4H3,(H,27,30)(H,28,31);2-5H,1H3,(H,8,9,10)/t22-,23+;/m0./s1. The molecule has 2 rings (SSSR count). The van der Waals surface area contributed by atoms with Gasteiger partial charge >= 0.3 is 0 Å². The molecule has 2 aromatic carbocycles. The first-order valence-corrected chi connectivity index (χ1v) is 18.3. The van der Waals surface area contributed by atoms with E-state index in [0.717, 1.165) is 15.5 Å². The van der Waals surface area contributed by atoms with Gasteiger partial charge in [0.2, 0.25) is 21.8 Å². The summed E-state index contributed by atoms with van der Waals surface area (Å²) in [5.74, 6) is -3.11. The molecule has 0 aliphatic carbocycles. The number of nitrogens with zero attached hydrogens (tertiary/aromatic N) is 1. The van der Waals surface area contributed by atoms with Crippen LogP contribution in [0.1, 0.15) is 64.5 Å². The molecule has 0 heterocycles. The van der Waals surface area contributed by atoms with E-state index in [0.29, 0.717) is 25.8 Å². The van der Waals surface area contributed by atoms with Crippen LogP contribution >= 0.6 is 0 Å². The van der Waals surface area contributed by atoms with Crippen LogP contribution in [0.2, 0.25) is 0 Å². The fraction of sp³-hybridized carbons (Fsp3) is 0.500. The lowest BCUT2D eigenvalue weighted by molar-refractivity contribution is -0.141. The molecule has 0 aliphatic heterocycles. The van der Waals surface area contributed by atoms with Crippen LogP contribution in [0.4, 0.5) is 0 Å². The molecule has 0 aromatic heterocycles. The molecule has 0 bridgehead atoms. The van der Waals surface area contributed by atoms with E-state index in [1.165, 1.54) is 12.1 Å². The van der Waals surface area contributed by atoms with Gasteiger partial charge in [0.05, 0.1) is 22.5 Å². The molecule has 2 atom stereocenters. The third-order valence-corrected chi connectivity index (χ3v) is 9.36. The molecule has 0 spiro atoms. The van der Waals surface area contributed by atoms with Gasteiger partial charge in [-0.05, 0) is 68.7 Å². The first kappa shape index (κ1) is 40.9. The molecule has 0 saturated heterocycles. The number of amides is 2. The van der Waals surface area contributed by atoms with Crippen molar-refractivity contribution in [2.24, 2.45) is 29.4 Å². The van der Waals surface area contributed by atoms with E-state index in [-0.39, 0.29) is 35.4 Å². The fourth-order valence-corrected chi connectivity index (χ4v) is 6.45. The van der Waals surface area contributed by atoms with Gasteiger partial charge < -0.3 is 5.73 Å². The van der Waals surface area contributed by atoms with E-state index in [1.807, 2.05) is 71.0 Å².